The van der Waals surface area contributed by atoms with Crippen molar-refractivity contribution >= 4 is 5.78 Å². The Morgan fingerprint density at radius 2 is 1.68 bits per heavy atom. The van der Waals surface area contributed by atoms with Gasteiger partial charge in [0, 0.05) is 6.42 Å². The first kappa shape index (κ1) is 14.3. The number of likely N-dealkylation sites (N-methyl/N-ethyl adjacent to an activating group) is 1. The van der Waals surface area contributed by atoms with Gasteiger partial charge in [-0.3, -0.25) is 9.69 Å². The Labute approximate surface area is 116 Å². The molecule has 0 unspecified atom stereocenters. The maximum atomic E-state index is 12.8. The molecule has 0 radical (unpaired) electrons. The lowest BCUT2D eigenvalue weighted by atomic mass is 9.85. The summed E-state index contributed by atoms with van der Waals surface area (Å²) in [5, 5.41) is 0. The highest BCUT2D eigenvalue weighted by Crippen LogP contribution is 2.35. The molecule has 0 heterocycles. The van der Waals surface area contributed by atoms with Crippen LogP contribution in [0.5, 0.6) is 0 Å². The molecule has 0 aromatic heterocycles. The van der Waals surface area contributed by atoms with Crippen molar-refractivity contribution in [2.24, 2.45) is 0 Å². The second kappa shape index (κ2) is 5.46. The largest absolute Gasteiger partial charge is 0.297 e. The quantitative estimate of drug-likeness (QED) is 0.827. The number of benzene rings is 1. The Morgan fingerprint density at radius 3 is 2.16 bits per heavy atom. The van der Waals surface area contributed by atoms with E-state index in [4.69, 9.17) is 0 Å². The molecule has 0 N–H and O–H groups in total. The van der Waals surface area contributed by atoms with Crippen LogP contribution < -0.4 is 0 Å². The summed E-state index contributed by atoms with van der Waals surface area (Å²) in [4.78, 5) is 15.0. The number of ketones is 1. The fraction of sp³-hybridized carbons (Fsp3) is 0.588. The van der Waals surface area contributed by atoms with Crippen LogP contribution in [-0.4, -0.2) is 30.3 Å². The molecule has 2 heteroatoms. The summed E-state index contributed by atoms with van der Waals surface area (Å²) < 4.78 is 0. The van der Waals surface area contributed by atoms with Gasteiger partial charge in [0.2, 0.25) is 0 Å². The van der Waals surface area contributed by atoms with E-state index in [0.29, 0.717) is 12.2 Å². The summed E-state index contributed by atoms with van der Waals surface area (Å²) >= 11 is 0. The predicted octanol–water partition coefficient (Wildman–Crippen LogP) is 3.29. The standard InChI is InChI=1S/C17H25NO/c1-13-8-7-9-14(2)15(13)12-16(19)17(18(3)4)10-5-6-11-17/h7-9H,5-6,10-12H2,1-4H3. The Morgan fingerprint density at radius 1 is 1.16 bits per heavy atom. The molecule has 0 saturated heterocycles. The maximum absolute atomic E-state index is 12.8. The van der Waals surface area contributed by atoms with Gasteiger partial charge in [-0.25, -0.2) is 0 Å². The van der Waals surface area contributed by atoms with Crippen LogP contribution in [0.15, 0.2) is 18.2 Å². The van der Waals surface area contributed by atoms with Crippen LogP contribution >= 0.6 is 0 Å². The van der Waals surface area contributed by atoms with Gasteiger partial charge in [-0.05, 0) is 57.5 Å². The number of nitrogens with zero attached hydrogens (tertiary/aromatic N) is 1. The lowest BCUT2D eigenvalue weighted by molar-refractivity contribution is -0.128. The zero-order chi connectivity index (χ0) is 14.0. The molecule has 0 spiro atoms. The fourth-order valence-corrected chi connectivity index (χ4v) is 3.39. The fourth-order valence-electron chi connectivity index (χ4n) is 3.39. The predicted molar refractivity (Wildman–Crippen MR) is 79.5 cm³/mol. The number of hydrogen-bond acceptors (Lipinski definition) is 2. The van der Waals surface area contributed by atoms with Crippen LogP contribution in [0.1, 0.15) is 42.4 Å². The number of rotatable bonds is 4. The Balaban J connectivity index is 2.25. The molecule has 2 nitrogen and oxygen atoms in total. The zero-order valence-electron chi connectivity index (χ0n) is 12.6. The van der Waals surface area contributed by atoms with E-state index >= 15 is 0 Å². The summed E-state index contributed by atoms with van der Waals surface area (Å²) in [5.41, 5.74) is 3.48. The minimum atomic E-state index is -0.214. The molecule has 0 amide bonds. The second-order valence-corrected chi connectivity index (χ2v) is 6.10. The van der Waals surface area contributed by atoms with E-state index in [0.717, 1.165) is 12.8 Å². The van der Waals surface area contributed by atoms with Crippen molar-refractivity contribution in [3.05, 3.63) is 34.9 Å². The van der Waals surface area contributed by atoms with Crippen molar-refractivity contribution in [2.45, 2.75) is 51.5 Å². The van der Waals surface area contributed by atoms with Crippen LogP contribution in [0.4, 0.5) is 0 Å². The Kier molecular flexibility index (Phi) is 4.10. The number of hydrogen-bond donors (Lipinski definition) is 0. The second-order valence-electron chi connectivity index (χ2n) is 6.10. The molecule has 104 valence electrons. The van der Waals surface area contributed by atoms with Crippen molar-refractivity contribution in [1.82, 2.24) is 4.90 Å². The topological polar surface area (TPSA) is 20.3 Å². The third-order valence-electron chi connectivity index (χ3n) is 4.79. The number of carbonyl (C=O) groups is 1. The molecule has 19 heavy (non-hydrogen) atoms. The van der Waals surface area contributed by atoms with Crippen molar-refractivity contribution in [1.29, 1.82) is 0 Å². The lowest BCUT2D eigenvalue weighted by Gasteiger charge is -2.35. The zero-order valence-corrected chi connectivity index (χ0v) is 12.6. The van der Waals surface area contributed by atoms with E-state index in [9.17, 15) is 4.79 Å². The minimum Gasteiger partial charge on any atom is -0.297 e. The van der Waals surface area contributed by atoms with Gasteiger partial charge in [0.25, 0.3) is 0 Å². The summed E-state index contributed by atoms with van der Waals surface area (Å²) in [5.74, 6) is 0.396. The molecule has 1 aromatic carbocycles. The molecule has 1 aromatic rings. The average Bonchev–Trinajstić information content (AvgIpc) is 2.84. The Hall–Kier alpha value is -1.15. The first-order valence-electron chi connectivity index (χ1n) is 7.23. The average molecular weight is 259 g/mol. The van der Waals surface area contributed by atoms with Crippen molar-refractivity contribution in [3.8, 4) is 0 Å². The minimum absolute atomic E-state index is 0.214. The van der Waals surface area contributed by atoms with Crippen LogP contribution in [0.2, 0.25) is 0 Å². The van der Waals surface area contributed by atoms with Gasteiger partial charge in [-0.1, -0.05) is 31.0 Å². The monoisotopic (exact) mass is 259 g/mol. The van der Waals surface area contributed by atoms with Crippen molar-refractivity contribution in [3.63, 3.8) is 0 Å². The van der Waals surface area contributed by atoms with Crippen LogP contribution in [0.3, 0.4) is 0 Å². The molecule has 1 saturated carbocycles. The third-order valence-corrected chi connectivity index (χ3v) is 4.79. The van der Waals surface area contributed by atoms with Crippen molar-refractivity contribution in [2.75, 3.05) is 14.1 Å². The summed E-state index contributed by atoms with van der Waals surface area (Å²) in [7, 11) is 4.10. The van der Waals surface area contributed by atoms with Gasteiger partial charge < -0.3 is 0 Å². The van der Waals surface area contributed by atoms with E-state index < -0.39 is 0 Å². The van der Waals surface area contributed by atoms with Gasteiger partial charge in [-0.15, -0.1) is 0 Å². The van der Waals surface area contributed by atoms with E-state index in [-0.39, 0.29) is 5.54 Å². The highest BCUT2D eigenvalue weighted by atomic mass is 16.1. The lowest BCUT2D eigenvalue weighted by Crippen LogP contribution is -2.49. The van der Waals surface area contributed by atoms with E-state index in [1.165, 1.54) is 29.5 Å². The van der Waals surface area contributed by atoms with Gasteiger partial charge >= 0.3 is 0 Å². The van der Waals surface area contributed by atoms with Crippen LogP contribution in [0.25, 0.3) is 0 Å². The highest BCUT2D eigenvalue weighted by Gasteiger charge is 2.42. The van der Waals surface area contributed by atoms with Gasteiger partial charge in [0.1, 0.15) is 0 Å². The SMILES string of the molecule is Cc1cccc(C)c1CC(=O)C1(N(C)C)CCCC1. The highest BCUT2D eigenvalue weighted by molar-refractivity contribution is 5.91. The molecular formula is C17H25NO. The molecule has 1 aliphatic carbocycles. The van der Waals surface area contributed by atoms with Crippen LogP contribution in [-0.2, 0) is 11.2 Å². The molecular weight excluding hydrogens is 234 g/mol. The number of aryl methyl sites for hydroxylation is 2. The molecule has 1 aliphatic rings. The van der Waals surface area contributed by atoms with Crippen molar-refractivity contribution < 1.29 is 4.79 Å². The molecule has 0 atom stereocenters. The Bertz CT molecular complexity index is 450. The molecule has 0 bridgehead atoms. The summed E-state index contributed by atoms with van der Waals surface area (Å²) in [6.45, 7) is 4.21. The molecule has 2 rings (SSSR count). The van der Waals surface area contributed by atoms with Crippen LogP contribution in [0, 0.1) is 13.8 Å². The smallest absolute Gasteiger partial charge is 0.157 e. The molecule has 1 fully saturated rings. The van der Waals surface area contributed by atoms with Gasteiger partial charge in [0.15, 0.2) is 5.78 Å². The van der Waals surface area contributed by atoms with Gasteiger partial charge in [0.05, 0.1) is 5.54 Å². The first-order valence-corrected chi connectivity index (χ1v) is 7.23. The molecule has 0 aliphatic heterocycles. The van der Waals surface area contributed by atoms with E-state index in [2.05, 4.69) is 36.9 Å². The van der Waals surface area contributed by atoms with E-state index in [1.807, 2.05) is 14.1 Å². The van der Waals surface area contributed by atoms with E-state index in [1.54, 1.807) is 0 Å². The number of carbonyl (C=O) groups excluding carboxylic acids is 1. The number of Topliss-reactive ketones (excluding diaryl/α,β-unsaturated/α-hetero) is 1. The third kappa shape index (κ3) is 2.59. The summed E-state index contributed by atoms with van der Waals surface area (Å²) in [6, 6.07) is 6.27. The van der Waals surface area contributed by atoms with Gasteiger partial charge in [-0.2, -0.15) is 0 Å². The maximum Gasteiger partial charge on any atom is 0.157 e. The normalized spacial score (nSPS) is 17.9. The first-order chi connectivity index (χ1) is 8.97. The summed E-state index contributed by atoms with van der Waals surface area (Å²) in [6.07, 6.45) is 4.97.